The molecule has 0 radical (unpaired) electrons. The highest BCUT2D eigenvalue weighted by Gasteiger charge is 2.32. The summed E-state index contributed by atoms with van der Waals surface area (Å²) in [5.41, 5.74) is 1.03. The number of amides is 1. The number of carbonyl (C=O) groups is 1. The maximum atomic E-state index is 11.9. The van der Waals surface area contributed by atoms with E-state index >= 15 is 0 Å². The van der Waals surface area contributed by atoms with Crippen molar-refractivity contribution in [1.82, 2.24) is 10.2 Å². The molecule has 150 valence electrons. The molecule has 7 heteroatoms. The van der Waals surface area contributed by atoms with Gasteiger partial charge in [-0.1, -0.05) is 6.07 Å². The molecule has 2 aliphatic rings. The van der Waals surface area contributed by atoms with E-state index in [1.54, 1.807) is 6.92 Å². The van der Waals surface area contributed by atoms with Gasteiger partial charge in [-0.2, -0.15) is 0 Å². The maximum Gasteiger partial charge on any atom is 0.217 e. The van der Waals surface area contributed by atoms with Crippen LogP contribution in [0.15, 0.2) is 18.2 Å². The van der Waals surface area contributed by atoms with Crippen molar-refractivity contribution in [2.45, 2.75) is 51.6 Å². The first-order valence-corrected chi connectivity index (χ1v) is 13.3. The van der Waals surface area contributed by atoms with Crippen LogP contribution in [0.1, 0.15) is 31.4 Å². The molecule has 2 heterocycles. The van der Waals surface area contributed by atoms with Crippen LogP contribution < -0.4 is 14.8 Å². The fourth-order valence-corrected chi connectivity index (χ4v) is 4.78. The molecular formula is C20H32N2O4Si. The molecule has 0 bridgehead atoms. The third-order valence-corrected chi connectivity index (χ3v) is 5.74. The highest BCUT2D eigenvalue weighted by atomic mass is 28.4. The van der Waals surface area contributed by atoms with E-state index in [1.807, 2.05) is 18.2 Å². The Morgan fingerprint density at radius 2 is 1.85 bits per heavy atom. The van der Waals surface area contributed by atoms with E-state index < -0.39 is 8.32 Å². The van der Waals surface area contributed by atoms with Crippen LogP contribution in [0, 0.1) is 0 Å². The van der Waals surface area contributed by atoms with Gasteiger partial charge in [0.15, 0.2) is 19.8 Å². The van der Waals surface area contributed by atoms with E-state index in [2.05, 4.69) is 29.9 Å². The topological polar surface area (TPSA) is 60.0 Å². The number of nitrogens with one attached hydrogen (secondary N) is 1. The first-order chi connectivity index (χ1) is 12.8. The van der Waals surface area contributed by atoms with Crippen molar-refractivity contribution >= 4 is 14.2 Å². The van der Waals surface area contributed by atoms with Crippen LogP contribution in [0.5, 0.6) is 11.5 Å². The second kappa shape index (κ2) is 8.62. The normalized spacial score (nSPS) is 19.6. The number of carbonyl (C=O) groups excluding carboxylic acids is 1. The average molecular weight is 393 g/mol. The Morgan fingerprint density at radius 3 is 2.48 bits per heavy atom. The molecule has 1 aromatic carbocycles. The van der Waals surface area contributed by atoms with E-state index in [0.717, 1.165) is 36.7 Å². The first kappa shape index (κ1) is 20.2. The molecule has 3 rings (SSSR count). The van der Waals surface area contributed by atoms with Crippen molar-refractivity contribution in [2.24, 2.45) is 0 Å². The number of hydrogen-bond donors (Lipinski definition) is 1. The first-order valence-electron chi connectivity index (χ1n) is 9.89. The van der Waals surface area contributed by atoms with E-state index in [0.29, 0.717) is 13.2 Å². The smallest absolute Gasteiger partial charge is 0.217 e. The summed E-state index contributed by atoms with van der Waals surface area (Å²) in [5, 5.41) is 3.15. The quantitative estimate of drug-likeness (QED) is 0.723. The van der Waals surface area contributed by atoms with Crippen molar-refractivity contribution in [3.8, 4) is 11.5 Å². The largest absolute Gasteiger partial charge is 0.486 e. The zero-order chi connectivity index (χ0) is 19.4. The highest BCUT2D eigenvalue weighted by molar-refractivity contribution is 6.69. The molecule has 1 amide bonds. The third-order valence-electron chi connectivity index (χ3n) is 4.78. The monoisotopic (exact) mass is 392 g/mol. The SMILES string of the molecule is CC(=O)N[C@H](CN1CCCC1)C(O[Si](C)(C)C)c1ccc2c(c1)OCCO2. The van der Waals surface area contributed by atoms with Gasteiger partial charge in [-0.25, -0.2) is 0 Å². The highest BCUT2D eigenvalue weighted by Crippen LogP contribution is 2.36. The summed E-state index contributed by atoms with van der Waals surface area (Å²) in [6.07, 6.45) is 2.23. The molecule has 2 atom stereocenters. The van der Waals surface area contributed by atoms with Crippen LogP contribution in [0.3, 0.4) is 0 Å². The molecule has 0 saturated carbocycles. The fourth-order valence-electron chi connectivity index (χ4n) is 3.72. The van der Waals surface area contributed by atoms with Gasteiger partial charge < -0.3 is 24.1 Å². The second-order valence-corrected chi connectivity index (χ2v) is 12.8. The molecular weight excluding hydrogens is 360 g/mol. The molecule has 0 spiro atoms. The van der Waals surface area contributed by atoms with Crippen molar-refractivity contribution < 1.29 is 18.7 Å². The van der Waals surface area contributed by atoms with Crippen molar-refractivity contribution in [2.75, 3.05) is 32.8 Å². The average Bonchev–Trinajstić information content (AvgIpc) is 3.11. The fraction of sp³-hybridized carbons (Fsp3) is 0.650. The number of hydrogen-bond acceptors (Lipinski definition) is 5. The van der Waals surface area contributed by atoms with Gasteiger partial charge in [0.1, 0.15) is 13.2 Å². The number of fused-ring (bicyclic) bond motifs is 1. The van der Waals surface area contributed by atoms with Gasteiger partial charge in [-0.05, 0) is 63.3 Å². The minimum absolute atomic E-state index is 0.0269. The Bertz CT molecular complexity index is 656. The van der Waals surface area contributed by atoms with Gasteiger partial charge in [0.05, 0.1) is 12.1 Å². The van der Waals surface area contributed by atoms with Gasteiger partial charge in [0.2, 0.25) is 5.91 Å². The molecule has 1 fully saturated rings. The van der Waals surface area contributed by atoms with Gasteiger partial charge in [-0.3, -0.25) is 4.79 Å². The molecule has 0 aliphatic carbocycles. The van der Waals surface area contributed by atoms with E-state index in [9.17, 15) is 4.79 Å². The summed E-state index contributed by atoms with van der Waals surface area (Å²) < 4.78 is 18.0. The number of rotatable bonds is 7. The Labute approximate surface area is 163 Å². The van der Waals surface area contributed by atoms with Crippen LogP contribution in [-0.4, -0.2) is 58.0 Å². The summed E-state index contributed by atoms with van der Waals surface area (Å²) in [6, 6.07) is 5.90. The van der Waals surface area contributed by atoms with E-state index in [-0.39, 0.29) is 18.1 Å². The predicted octanol–water partition coefficient (Wildman–Crippen LogP) is 2.95. The third kappa shape index (κ3) is 5.70. The number of likely N-dealkylation sites (tertiary alicyclic amines) is 1. The van der Waals surface area contributed by atoms with Gasteiger partial charge in [0.25, 0.3) is 0 Å². The summed E-state index contributed by atoms with van der Waals surface area (Å²) in [5.74, 6) is 1.50. The molecule has 6 nitrogen and oxygen atoms in total. The van der Waals surface area contributed by atoms with Crippen LogP contribution in [0.25, 0.3) is 0 Å². The van der Waals surface area contributed by atoms with Crippen molar-refractivity contribution in [1.29, 1.82) is 0 Å². The lowest BCUT2D eigenvalue weighted by molar-refractivity contribution is -0.120. The van der Waals surface area contributed by atoms with Gasteiger partial charge in [-0.15, -0.1) is 0 Å². The number of benzene rings is 1. The zero-order valence-corrected chi connectivity index (χ0v) is 17.9. The number of nitrogens with zero attached hydrogens (tertiary/aromatic N) is 1. The maximum absolute atomic E-state index is 11.9. The molecule has 1 N–H and O–H groups in total. The lowest BCUT2D eigenvalue weighted by Gasteiger charge is -2.35. The molecule has 2 aliphatic heterocycles. The van der Waals surface area contributed by atoms with Crippen LogP contribution in [-0.2, 0) is 9.22 Å². The minimum Gasteiger partial charge on any atom is -0.486 e. The molecule has 1 aromatic rings. The summed E-state index contributed by atoms with van der Waals surface area (Å²) in [4.78, 5) is 14.4. The van der Waals surface area contributed by atoms with Gasteiger partial charge >= 0.3 is 0 Å². The Hall–Kier alpha value is -1.57. The lowest BCUT2D eigenvalue weighted by Crippen LogP contribution is -2.48. The Kier molecular flexibility index (Phi) is 6.44. The zero-order valence-electron chi connectivity index (χ0n) is 16.9. The second-order valence-electron chi connectivity index (χ2n) is 8.37. The predicted molar refractivity (Wildman–Crippen MR) is 108 cm³/mol. The van der Waals surface area contributed by atoms with Crippen LogP contribution >= 0.6 is 0 Å². The summed E-state index contributed by atoms with van der Waals surface area (Å²) in [6.45, 7) is 12.2. The molecule has 1 unspecified atom stereocenters. The van der Waals surface area contributed by atoms with Crippen LogP contribution in [0.4, 0.5) is 0 Å². The van der Waals surface area contributed by atoms with Crippen LogP contribution in [0.2, 0.25) is 19.6 Å². The number of ether oxygens (including phenoxy) is 2. The minimum atomic E-state index is -1.85. The van der Waals surface area contributed by atoms with Crippen molar-refractivity contribution in [3.05, 3.63) is 23.8 Å². The van der Waals surface area contributed by atoms with Crippen molar-refractivity contribution in [3.63, 3.8) is 0 Å². The molecule has 27 heavy (non-hydrogen) atoms. The summed E-state index contributed by atoms with van der Waals surface area (Å²) >= 11 is 0. The standard InChI is InChI=1S/C20H32N2O4Si/c1-15(23)21-17(14-22-9-5-6-10-22)20(26-27(2,3)4)16-7-8-18-19(13-16)25-12-11-24-18/h7-8,13,17,20H,5-6,9-12,14H2,1-4H3,(H,21,23)/t17-,20?/m1/s1. The molecule has 1 saturated heterocycles. The Morgan fingerprint density at radius 1 is 1.19 bits per heavy atom. The Balaban J connectivity index is 1.90. The molecule has 0 aromatic heterocycles. The van der Waals surface area contributed by atoms with Gasteiger partial charge in [0, 0.05) is 13.5 Å². The lowest BCUT2D eigenvalue weighted by atomic mass is 10.0. The van der Waals surface area contributed by atoms with E-state index in [4.69, 9.17) is 13.9 Å². The summed E-state index contributed by atoms with van der Waals surface area (Å²) in [7, 11) is -1.85. The van der Waals surface area contributed by atoms with E-state index in [1.165, 1.54) is 12.8 Å².